The third kappa shape index (κ3) is 5.65. The fourth-order valence-corrected chi connectivity index (χ4v) is 4.84. The molecule has 30 heavy (non-hydrogen) atoms. The number of hydrogen-bond donors (Lipinski definition) is 1. The number of esters is 1. The second-order valence-corrected chi connectivity index (χ2v) is 10.5. The lowest BCUT2D eigenvalue weighted by atomic mass is 9.76. The van der Waals surface area contributed by atoms with E-state index in [4.69, 9.17) is 9.29 Å². The lowest BCUT2D eigenvalue weighted by Crippen LogP contribution is -2.31. The summed E-state index contributed by atoms with van der Waals surface area (Å²) in [6, 6.07) is 4.12. The van der Waals surface area contributed by atoms with Crippen molar-refractivity contribution in [2.45, 2.75) is 56.8 Å². The van der Waals surface area contributed by atoms with E-state index in [1.54, 1.807) is 6.92 Å². The molecule has 1 aromatic rings. The van der Waals surface area contributed by atoms with E-state index in [1.807, 2.05) is 18.4 Å². The first-order chi connectivity index (χ1) is 13.8. The van der Waals surface area contributed by atoms with Crippen LogP contribution in [0.2, 0.25) is 0 Å². The molecule has 0 amide bonds. The maximum absolute atomic E-state index is 11.7. The summed E-state index contributed by atoms with van der Waals surface area (Å²) in [5.74, 6) is -0.725. The summed E-state index contributed by atoms with van der Waals surface area (Å²) in [7, 11) is -8.75. The monoisotopic (exact) mass is 461 g/mol. The lowest BCUT2D eigenvalue weighted by Gasteiger charge is -2.22. The molecular formula is C19H27NO8S2. The highest BCUT2D eigenvalue weighted by atomic mass is 32.2. The van der Waals surface area contributed by atoms with Gasteiger partial charge in [0.25, 0.3) is 10.1 Å². The van der Waals surface area contributed by atoms with E-state index in [9.17, 15) is 26.2 Å². The number of hydrogen-bond acceptors (Lipinski definition) is 7. The van der Waals surface area contributed by atoms with Gasteiger partial charge in [-0.05, 0) is 38.8 Å². The molecule has 0 aliphatic carbocycles. The van der Waals surface area contributed by atoms with Gasteiger partial charge in [0.2, 0.25) is 5.69 Å². The molecule has 0 saturated heterocycles. The molecule has 1 heterocycles. The Morgan fingerprint density at radius 2 is 1.90 bits per heavy atom. The summed E-state index contributed by atoms with van der Waals surface area (Å²) in [5, 5.41) is 0. The molecule has 1 atom stereocenters. The number of carbonyl (C=O) groups is 1. The van der Waals surface area contributed by atoms with Gasteiger partial charge in [-0.25, -0.2) is 8.42 Å². The third-order valence-electron chi connectivity index (χ3n) is 5.49. The van der Waals surface area contributed by atoms with Crippen molar-refractivity contribution in [2.24, 2.45) is 0 Å². The molecule has 9 nitrogen and oxygen atoms in total. The molecule has 1 aliphatic heterocycles. The van der Waals surface area contributed by atoms with Crippen molar-refractivity contribution >= 4 is 37.6 Å². The number of nitrogens with zero attached hydrogens (tertiary/aromatic N) is 1. The number of fused-ring (bicyclic) bond motifs is 1. The summed E-state index contributed by atoms with van der Waals surface area (Å²) < 4.78 is 72.5. The van der Waals surface area contributed by atoms with Crippen molar-refractivity contribution in [1.82, 2.24) is 0 Å². The highest BCUT2D eigenvalue weighted by Gasteiger charge is 2.46. The average Bonchev–Trinajstić information content (AvgIpc) is 2.82. The molecular weight excluding hydrogens is 434 g/mol. The zero-order valence-corrected chi connectivity index (χ0v) is 18.9. The Morgan fingerprint density at radius 3 is 2.47 bits per heavy atom. The van der Waals surface area contributed by atoms with Gasteiger partial charge in [0.1, 0.15) is 16.7 Å². The number of benzene rings is 1. The Hall–Kier alpha value is -1.82. The summed E-state index contributed by atoms with van der Waals surface area (Å²) in [6.45, 7) is 6.05. The van der Waals surface area contributed by atoms with Crippen LogP contribution in [-0.4, -0.2) is 61.1 Å². The fraction of sp³-hybridized carbons (Fsp3) is 0.579. The van der Waals surface area contributed by atoms with E-state index in [0.29, 0.717) is 24.1 Å². The first kappa shape index (κ1) is 24.4. The fourth-order valence-electron chi connectivity index (χ4n) is 3.85. The molecule has 1 aliphatic rings. The van der Waals surface area contributed by atoms with Crippen molar-refractivity contribution < 1.29 is 40.0 Å². The zero-order chi connectivity index (χ0) is 22.7. The van der Waals surface area contributed by atoms with Crippen LogP contribution in [0.5, 0.6) is 0 Å². The van der Waals surface area contributed by atoms with Gasteiger partial charge in [0, 0.05) is 31.4 Å². The van der Waals surface area contributed by atoms with Crippen LogP contribution in [0.1, 0.15) is 52.0 Å². The highest BCUT2D eigenvalue weighted by molar-refractivity contribution is 7.86. The molecule has 0 radical (unpaired) electrons. The summed E-state index contributed by atoms with van der Waals surface area (Å²) in [4.78, 5) is 11.4. The topological polar surface area (TPSA) is 141 Å². The van der Waals surface area contributed by atoms with Crippen molar-refractivity contribution in [2.75, 3.05) is 18.9 Å². The molecule has 1 aromatic carbocycles. The van der Waals surface area contributed by atoms with Gasteiger partial charge in [-0.2, -0.15) is 13.0 Å². The largest absolute Gasteiger partial charge is 0.744 e. The van der Waals surface area contributed by atoms with E-state index in [0.717, 1.165) is 5.71 Å². The summed E-state index contributed by atoms with van der Waals surface area (Å²) >= 11 is 0. The molecule has 1 N–H and O–H groups in total. The van der Waals surface area contributed by atoms with E-state index in [2.05, 4.69) is 0 Å². The van der Waals surface area contributed by atoms with Gasteiger partial charge in [0.15, 0.2) is 5.71 Å². The second-order valence-electron chi connectivity index (χ2n) is 7.50. The summed E-state index contributed by atoms with van der Waals surface area (Å²) in [6.07, 6.45) is 1.35. The van der Waals surface area contributed by atoms with Crippen LogP contribution in [0, 0.1) is 0 Å². The number of carbonyl (C=O) groups excluding carboxylic acids is 1. The molecule has 0 bridgehead atoms. The zero-order valence-electron chi connectivity index (χ0n) is 17.3. The highest BCUT2D eigenvalue weighted by Crippen LogP contribution is 2.44. The molecule has 168 valence electrons. The van der Waals surface area contributed by atoms with Crippen LogP contribution in [0.4, 0.5) is 5.69 Å². The minimum absolute atomic E-state index is 0.163. The van der Waals surface area contributed by atoms with E-state index in [1.165, 1.54) is 18.2 Å². The Kier molecular flexibility index (Phi) is 7.44. The quantitative estimate of drug-likeness (QED) is 0.317. The molecule has 0 aromatic heterocycles. The smallest absolute Gasteiger partial charge is 0.305 e. The van der Waals surface area contributed by atoms with Gasteiger partial charge in [0.05, 0.1) is 22.7 Å². The van der Waals surface area contributed by atoms with Crippen LogP contribution >= 0.6 is 0 Å². The first-order valence-corrected chi connectivity index (χ1v) is 12.6. The Labute approximate surface area is 177 Å². The molecule has 2 rings (SSSR count). The predicted octanol–water partition coefficient (Wildman–Crippen LogP) is 1.98. The van der Waals surface area contributed by atoms with Gasteiger partial charge in [-0.15, -0.1) is 0 Å². The van der Waals surface area contributed by atoms with E-state index < -0.39 is 31.4 Å². The average molecular weight is 462 g/mol. The minimum atomic E-state index is -4.65. The van der Waals surface area contributed by atoms with Crippen LogP contribution in [-0.2, 0) is 35.2 Å². The van der Waals surface area contributed by atoms with Gasteiger partial charge < -0.3 is 9.29 Å². The molecule has 0 spiro atoms. The van der Waals surface area contributed by atoms with Gasteiger partial charge in [-0.1, -0.05) is 0 Å². The van der Waals surface area contributed by atoms with E-state index in [-0.39, 0.29) is 36.9 Å². The Morgan fingerprint density at radius 1 is 1.23 bits per heavy atom. The third-order valence-corrected chi connectivity index (χ3v) is 7.13. The van der Waals surface area contributed by atoms with Crippen molar-refractivity contribution in [3.05, 3.63) is 23.8 Å². The minimum Gasteiger partial charge on any atom is -0.744 e. The summed E-state index contributed by atoms with van der Waals surface area (Å²) in [5.41, 5.74) is 1.50. The van der Waals surface area contributed by atoms with Crippen LogP contribution in [0.3, 0.4) is 0 Å². The van der Waals surface area contributed by atoms with Crippen LogP contribution in [0.15, 0.2) is 23.1 Å². The maximum atomic E-state index is 11.7. The number of ether oxygens (including phenoxy) is 1. The maximum Gasteiger partial charge on any atom is 0.305 e. The lowest BCUT2D eigenvalue weighted by molar-refractivity contribution is -0.438. The first-order valence-electron chi connectivity index (χ1n) is 9.62. The molecule has 1 unspecified atom stereocenters. The Balaban J connectivity index is 2.39. The van der Waals surface area contributed by atoms with Crippen molar-refractivity contribution in [3.63, 3.8) is 0 Å². The standard InChI is InChI=1S/C19H27NO8S2/c1-4-28-18(21)7-5-10-19(3)14(2)20(11-6-12-29(22,23)24)17-9-8-15(13-16(17)19)30(25,26)27/h8-9,13H,4-7,10-12H2,1-3H3,(H-,22,23,24,25,26,27). The number of rotatable bonds is 10. The van der Waals surface area contributed by atoms with Gasteiger partial charge in [-0.3, -0.25) is 9.35 Å². The van der Waals surface area contributed by atoms with Crippen LogP contribution < -0.4 is 0 Å². The molecule has 0 saturated carbocycles. The van der Waals surface area contributed by atoms with Crippen molar-refractivity contribution in [1.29, 1.82) is 0 Å². The molecule has 11 heteroatoms. The predicted molar refractivity (Wildman–Crippen MR) is 109 cm³/mol. The van der Waals surface area contributed by atoms with Gasteiger partial charge >= 0.3 is 5.97 Å². The van der Waals surface area contributed by atoms with E-state index >= 15 is 0 Å². The Bertz CT molecular complexity index is 1060. The van der Waals surface area contributed by atoms with Crippen LogP contribution in [0.25, 0.3) is 0 Å². The molecule has 0 fully saturated rings. The normalized spacial score (nSPS) is 19.1. The SMILES string of the molecule is CCOC(=O)CCCC1(C)C(C)=[N+](CCCS(=O)(=O)O)c2ccc(S(=O)(=O)[O-])cc21. The van der Waals surface area contributed by atoms with Crippen molar-refractivity contribution in [3.8, 4) is 0 Å². The second kappa shape index (κ2) is 9.13.